The molecule has 2 amide bonds. The minimum Gasteiger partial charge on any atom is -0.480 e. The van der Waals surface area contributed by atoms with Crippen LogP contribution in [0, 0.1) is 5.92 Å². The summed E-state index contributed by atoms with van der Waals surface area (Å²) >= 11 is 0. The standard InChI is InChI=1S/C18H27N3O5/c1-11(2)8-13(19)16(23)20-14(9-12-6-4-3-5-7-12)17(24)21-15(10-22)18(25)26/h3-7,11,13-15,22H,8-10,19H2,1-2H3,(H,20,23)(H,21,24)(H,25,26). The average Bonchev–Trinajstić information content (AvgIpc) is 2.58. The molecule has 0 saturated heterocycles. The average molecular weight is 365 g/mol. The Kier molecular flexibility index (Phi) is 8.74. The molecule has 1 rings (SSSR count). The molecule has 0 heterocycles. The molecule has 144 valence electrons. The van der Waals surface area contributed by atoms with Crippen LogP contribution in [-0.4, -0.2) is 52.7 Å². The summed E-state index contributed by atoms with van der Waals surface area (Å²) in [6, 6.07) is 5.78. The van der Waals surface area contributed by atoms with Crippen molar-refractivity contribution in [2.45, 2.75) is 44.8 Å². The van der Waals surface area contributed by atoms with Gasteiger partial charge in [0, 0.05) is 6.42 Å². The molecule has 0 spiro atoms. The predicted molar refractivity (Wildman–Crippen MR) is 96.2 cm³/mol. The van der Waals surface area contributed by atoms with E-state index < -0.39 is 42.5 Å². The summed E-state index contributed by atoms with van der Waals surface area (Å²) in [4.78, 5) is 35.8. The second kappa shape index (κ2) is 10.5. The van der Waals surface area contributed by atoms with Crippen molar-refractivity contribution < 1.29 is 24.6 Å². The molecular weight excluding hydrogens is 338 g/mol. The van der Waals surface area contributed by atoms with Crippen molar-refractivity contribution in [2.24, 2.45) is 11.7 Å². The molecule has 0 aromatic heterocycles. The highest BCUT2D eigenvalue weighted by molar-refractivity contribution is 5.92. The van der Waals surface area contributed by atoms with Crippen molar-refractivity contribution in [1.82, 2.24) is 10.6 Å². The first-order valence-electron chi connectivity index (χ1n) is 8.48. The Labute approximate surface area is 152 Å². The van der Waals surface area contributed by atoms with Crippen LogP contribution in [0.3, 0.4) is 0 Å². The van der Waals surface area contributed by atoms with Gasteiger partial charge in [-0.1, -0.05) is 44.2 Å². The fourth-order valence-corrected chi connectivity index (χ4v) is 2.41. The molecule has 0 aliphatic rings. The Morgan fingerprint density at radius 2 is 1.62 bits per heavy atom. The zero-order valence-electron chi connectivity index (χ0n) is 15.0. The van der Waals surface area contributed by atoms with E-state index in [1.807, 2.05) is 19.9 Å². The molecule has 3 atom stereocenters. The van der Waals surface area contributed by atoms with Gasteiger partial charge in [0.15, 0.2) is 0 Å². The van der Waals surface area contributed by atoms with Crippen LogP contribution in [0.4, 0.5) is 0 Å². The molecule has 26 heavy (non-hydrogen) atoms. The molecule has 8 nitrogen and oxygen atoms in total. The van der Waals surface area contributed by atoms with E-state index in [1.54, 1.807) is 24.3 Å². The van der Waals surface area contributed by atoms with Gasteiger partial charge in [-0.25, -0.2) is 4.79 Å². The first-order chi connectivity index (χ1) is 12.2. The van der Waals surface area contributed by atoms with Crippen LogP contribution in [-0.2, 0) is 20.8 Å². The van der Waals surface area contributed by atoms with Gasteiger partial charge >= 0.3 is 5.97 Å². The lowest BCUT2D eigenvalue weighted by molar-refractivity contribution is -0.143. The van der Waals surface area contributed by atoms with Crippen LogP contribution >= 0.6 is 0 Å². The van der Waals surface area contributed by atoms with Crippen molar-refractivity contribution in [3.8, 4) is 0 Å². The van der Waals surface area contributed by atoms with E-state index in [-0.39, 0.29) is 12.3 Å². The van der Waals surface area contributed by atoms with E-state index in [0.29, 0.717) is 6.42 Å². The number of aliphatic hydroxyl groups is 1. The van der Waals surface area contributed by atoms with Crippen molar-refractivity contribution >= 4 is 17.8 Å². The quantitative estimate of drug-likeness (QED) is 0.384. The maximum absolute atomic E-state index is 12.5. The number of nitrogens with two attached hydrogens (primary N) is 1. The van der Waals surface area contributed by atoms with E-state index in [9.17, 15) is 14.4 Å². The molecule has 0 saturated carbocycles. The summed E-state index contributed by atoms with van der Waals surface area (Å²) in [6.07, 6.45) is 0.629. The largest absolute Gasteiger partial charge is 0.480 e. The molecule has 1 aromatic carbocycles. The minimum absolute atomic E-state index is 0.171. The van der Waals surface area contributed by atoms with Gasteiger partial charge in [0.05, 0.1) is 12.6 Å². The maximum Gasteiger partial charge on any atom is 0.328 e. The molecule has 0 fully saturated rings. The number of carbonyl (C=O) groups is 3. The molecular formula is C18H27N3O5. The zero-order valence-corrected chi connectivity index (χ0v) is 15.0. The molecule has 0 radical (unpaired) electrons. The van der Waals surface area contributed by atoms with Gasteiger partial charge in [-0.15, -0.1) is 0 Å². The number of carboxylic acid groups (broad SMARTS) is 1. The van der Waals surface area contributed by atoms with Crippen LogP contribution < -0.4 is 16.4 Å². The van der Waals surface area contributed by atoms with Gasteiger partial charge in [-0.3, -0.25) is 9.59 Å². The number of aliphatic hydroxyl groups excluding tert-OH is 1. The molecule has 6 N–H and O–H groups in total. The molecule has 0 aliphatic heterocycles. The van der Waals surface area contributed by atoms with Crippen molar-refractivity contribution in [2.75, 3.05) is 6.61 Å². The smallest absolute Gasteiger partial charge is 0.328 e. The Hall–Kier alpha value is -2.45. The summed E-state index contributed by atoms with van der Waals surface area (Å²) in [5.74, 6) is -2.32. The van der Waals surface area contributed by atoms with Crippen LogP contribution in [0.15, 0.2) is 30.3 Å². The van der Waals surface area contributed by atoms with E-state index >= 15 is 0 Å². The summed E-state index contributed by atoms with van der Waals surface area (Å²) in [5, 5.41) is 22.9. The number of hydrogen-bond donors (Lipinski definition) is 5. The van der Waals surface area contributed by atoms with E-state index in [4.69, 9.17) is 15.9 Å². The minimum atomic E-state index is -1.44. The fourth-order valence-electron chi connectivity index (χ4n) is 2.41. The highest BCUT2D eigenvalue weighted by atomic mass is 16.4. The maximum atomic E-state index is 12.5. The summed E-state index contributed by atoms with van der Waals surface area (Å²) in [7, 11) is 0. The van der Waals surface area contributed by atoms with Crippen LogP contribution in [0.1, 0.15) is 25.8 Å². The van der Waals surface area contributed by atoms with Crippen LogP contribution in [0.2, 0.25) is 0 Å². The molecule has 0 bridgehead atoms. The van der Waals surface area contributed by atoms with Crippen LogP contribution in [0.25, 0.3) is 0 Å². The highest BCUT2D eigenvalue weighted by Crippen LogP contribution is 2.07. The van der Waals surface area contributed by atoms with E-state index in [2.05, 4.69) is 10.6 Å². The van der Waals surface area contributed by atoms with E-state index in [1.165, 1.54) is 0 Å². The van der Waals surface area contributed by atoms with Crippen molar-refractivity contribution in [3.63, 3.8) is 0 Å². The van der Waals surface area contributed by atoms with Gasteiger partial charge in [-0.2, -0.15) is 0 Å². The number of hydrogen-bond acceptors (Lipinski definition) is 5. The Balaban J connectivity index is 2.89. The number of amides is 2. The topological polar surface area (TPSA) is 142 Å². The first-order valence-corrected chi connectivity index (χ1v) is 8.48. The molecule has 1 aromatic rings. The fraction of sp³-hybridized carbons (Fsp3) is 0.500. The Bertz CT molecular complexity index is 606. The van der Waals surface area contributed by atoms with Crippen molar-refractivity contribution in [3.05, 3.63) is 35.9 Å². The second-order valence-electron chi connectivity index (χ2n) is 6.57. The molecule has 0 aliphatic carbocycles. The Morgan fingerprint density at radius 1 is 1.04 bits per heavy atom. The SMILES string of the molecule is CC(C)CC(N)C(=O)NC(Cc1ccccc1)C(=O)NC(CO)C(=O)O. The number of nitrogens with one attached hydrogen (secondary N) is 2. The Morgan fingerprint density at radius 3 is 2.12 bits per heavy atom. The zero-order chi connectivity index (χ0) is 19.7. The third-order valence-corrected chi connectivity index (χ3v) is 3.77. The van der Waals surface area contributed by atoms with E-state index in [0.717, 1.165) is 5.56 Å². The number of aliphatic carboxylic acids is 1. The highest BCUT2D eigenvalue weighted by Gasteiger charge is 2.28. The lowest BCUT2D eigenvalue weighted by atomic mass is 10.0. The number of carboxylic acids is 1. The summed E-state index contributed by atoms with van der Waals surface area (Å²) in [5.41, 5.74) is 6.65. The number of benzene rings is 1. The van der Waals surface area contributed by atoms with Crippen molar-refractivity contribution in [1.29, 1.82) is 0 Å². The first kappa shape index (κ1) is 21.6. The summed E-state index contributed by atoms with van der Waals surface area (Å²) in [6.45, 7) is 3.11. The van der Waals surface area contributed by atoms with Gasteiger partial charge in [-0.05, 0) is 17.9 Å². The second-order valence-corrected chi connectivity index (χ2v) is 6.57. The van der Waals surface area contributed by atoms with Crippen LogP contribution in [0.5, 0.6) is 0 Å². The van der Waals surface area contributed by atoms with Gasteiger partial charge in [0.1, 0.15) is 12.1 Å². The molecule has 8 heteroatoms. The lowest BCUT2D eigenvalue weighted by Crippen LogP contribution is -2.56. The third kappa shape index (κ3) is 7.20. The van der Waals surface area contributed by atoms with Gasteiger partial charge < -0.3 is 26.6 Å². The summed E-state index contributed by atoms with van der Waals surface area (Å²) < 4.78 is 0. The lowest BCUT2D eigenvalue weighted by Gasteiger charge is -2.23. The number of rotatable bonds is 10. The van der Waals surface area contributed by atoms with Gasteiger partial charge in [0.25, 0.3) is 0 Å². The third-order valence-electron chi connectivity index (χ3n) is 3.77. The number of carbonyl (C=O) groups excluding carboxylic acids is 2. The van der Waals surface area contributed by atoms with Gasteiger partial charge in [0.2, 0.25) is 11.8 Å². The predicted octanol–water partition coefficient (Wildman–Crippen LogP) is -0.351. The monoisotopic (exact) mass is 365 g/mol. The molecule has 3 unspecified atom stereocenters. The normalized spacial score (nSPS) is 14.3.